The van der Waals surface area contributed by atoms with Crippen LogP contribution in [0.5, 0.6) is 0 Å². The van der Waals surface area contributed by atoms with Crippen molar-refractivity contribution in [2.24, 2.45) is 5.92 Å². The Morgan fingerprint density at radius 2 is 1.56 bits per heavy atom. The molecule has 0 saturated heterocycles. The van der Waals surface area contributed by atoms with Gasteiger partial charge in [0, 0.05) is 6.61 Å². The second-order valence-electron chi connectivity index (χ2n) is 3.23. The molecule has 1 unspecified atom stereocenters. The molecule has 0 aliphatic rings. The first-order valence-electron chi connectivity index (χ1n) is 4.74. The fraction of sp³-hybridized carbons (Fsp3) is 1.00. The van der Waals surface area contributed by atoms with E-state index in [-0.39, 0.29) is 219 Å². The molecular weight excluding hydrogens is 587 g/mol. The molecule has 0 spiro atoms. The van der Waals surface area contributed by atoms with E-state index in [0.717, 1.165) is 25.7 Å². The first-order chi connectivity index (χ1) is 5.99. The van der Waals surface area contributed by atoms with E-state index in [9.17, 15) is 14.4 Å². The van der Waals surface area contributed by atoms with Gasteiger partial charge in [0.15, 0.2) is 0 Å². The van der Waals surface area contributed by atoms with Crippen molar-refractivity contribution < 1.29 is 225 Å². The number of rotatable bonds is 7. The predicted octanol–water partition coefficient (Wildman–Crippen LogP) is -10.3. The van der Waals surface area contributed by atoms with Crippen molar-refractivity contribution in [1.82, 2.24) is 0 Å². The SMILES string of the molecule is CCCCC(CC)CO[Si]([O-])([O-])[O-].[Cs+].[Cs+].[Cs+]. The average Bonchev–Trinajstić information content (AvgIpc) is 2.03. The van der Waals surface area contributed by atoms with Gasteiger partial charge >= 0.3 is 207 Å². The summed E-state index contributed by atoms with van der Waals surface area (Å²) in [7, 11) is -5.03. The Morgan fingerprint density at radius 1 is 1.06 bits per heavy atom. The maximum atomic E-state index is 10.2. The van der Waals surface area contributed by atoms with Crippen LogP contribution in [0.2, 0.25) is 0 Å². The summed E-state index contributed by atoms with van der Waals surface area (Å²) in [6.07, 6.45) is 3.90. The Kier molecular flexibility index (Phi) is 36.3. The molecule has 0 N–H and O–H groups in total. The smallest absolute Gasteiger partial charge is 0.861 e. The minimum Gasteiger partial charge on any atom is -0.861 e. The van der Waals surface area contributed by atoms with Crippen LogP contribution in [-0.4, -0.2) is 15.7 Å². The predicted molar refractivity (Wildman–Crippen MR) is 45.0 cm³/mol. The average molecular weight is 604 g/mol. The second kappa shape index (κ2) is 19.3. The van der Waals surface area contributed by atoms with E-state index in [1.54, 1.807) is 0 Å². The molecule has 1 atom stereocenters. The molecule has 0 heterocycles. The van der Waals surface area contributed by atoms with Crippen molar-refractivity contribution in [3.63, 3.8) is 0 Å². The van der Waals surface area contributed by atoms with Gasteiger partial charge < -0.3 is 18.8 Å². The molecule has 0 aliphatic carbocycles. The number of hydrogen-bond donors (Lipinski definition) is 0. The molecule has 0 fully saturated rings. The minimum atomic E-state index is -5.03. The van der Waals surface area contributed by atoms with Gasteiger partial charge in [-0.1, -0.05) is 33.1 Å². The van der Waals surface area contributed by atoms with Gasteiger partial charge in [-0.05, 0) is 12.3 Å². The quantitative estimate of drug-likeness (QED) is 0.271. The fourth-order valence-corrected chi connectivity index (χ4v) is 1.56. The van der Waals surface area contributed by atoms with E-state index >= 15 is 0 Å². The van der Waals surface area contributed by atoms with Crippen molar-refractivity contribution in [2.75, 3.05) is 6.61 Å². The van der Waals surface area contributed by atoms with E-state index in [2.05, 4.69) is 11.3 Å². The first kappa shape index (κ1) is 30.1. The molecule has 0 bridgehead atoms. The second-order valence-corrected chi connectivity index (χ2v) is 4.52. The first-order valence-corrected chi connectivity index (χ1v) is 6.38. The molecule has 0 rings (SSSR count). The largest absolute Gasteiger partial charge is 1.00 e. The van der Waals surface area contributed by atoms with Crippen LogP contribution in [0.4, 0.5) is 0 Å². The van der Waals surface area contributed by atoms with Crippen LogP contribution in [-0.2, 0) is 4.43 Å². The third-order valence-electron chi connectivity index (χ3n) is 2.04. The van der Waals surface area contributed by atoms with Crippen LogP contribution < -0.4 is 221 Å². The topological polar surface area (TPSA) is 78.4 Å². The van der Waals surface area contributed by atoms with Gasteiger partial charge in [-0.3, -0.25) is 0 Å². The molecular formula is C8H17Cs3O4Si. The van der Waals surface area contributed by atoms with Crippen molar-refractivity contribution >= 4 is 9.05 Å². The van der Waals surface area contributed by atoms with E-state index in [1.165, 1.54) is 0 Å². The van der Waals surface area contributed by atoms with Gasteiger partial charge in [0.25, 0.3) is 0 Å². The van der Waals surface area contributed by atoms with Gasteiger partial charge in [0.05, 0.1) is 0 Å². The van der Waals surface area contributed by atoms with Crippen LogP contribution in [0.25, 0.3) is 0 Å². The summed E-state index contributed by atoms with van der Waals surface area (Å²) in [5.41, 5.74) is 0. The monoisotopic (exact) mass is 604 g/mol. The number of unbranched alkanes of at least 4 members (excludes halogenated alkanes) is 1. The standard InChI is InChI=1S/C8H17O4Si.3Cs/c1-3-5-6-8(4-2)7-12-13(9,10)11;;;/h8H,3-7H2,1-2H3;;;/q-3;3*+1. The Morgan fingerprint density at radius 3 is 1.88 bits per heavy atom. The number of hydrogen-bond acceptors (Lipinski definition) is 4. The Balaban J connectivity index is -0.000000240. The van der Waals surface area contributed by atoms with Crippen molar-refractivity contribution in [3.8, 4) is 0 Å². The summed E-state index contributed by atoms with van der Waals surface area (Å²) in [4.78, 5) is 30.6. The zero-order valence-electron chi connectivity index (χ0n) is 11.2. The van der Waals surface area contributed by atoms with E-state index in [0.29, 0.717) is 0 Å². The minimum absolute atomic E-state index is 0. The van der Waals surface area contributed by atoms with Crippen LogP contribution in [0.1, 0.15) is 39.5 Å². The maximum Gasteiger partial charge on any atom is 1.00 e. The molecule has 80 valence electrons. The molecule has 8 heteroatoms. The third kappa shape index (κ3) is 22.5. The molecule has 0 aromatic heterocycles. The summed E-state index contributed by atoms with van der Waals surface area (Å²) in [5.74, 6) is 0.198. The molecule has 0 amide bonds. The van der Waals surface area contributed by atoms with E-state index < -0.39 is 9.05 Å². The van der Waals surface area contributed by atoms with E-state index in [1.807, 2.05) is 6.92 Å². The van der Waals surface area contributed by atoms with Crippen molar-refractivity contribution in [3.05, 3.63) is 0 Å². The molecule has 0 radical (unpaired) electrons. The normalized spacial score (nSPS) is 11.8. The van der Waals surface area contributed by atoms with Crippen molar-refractivity contribution in [1.29, 1.82) is 0 Å². The van der Waals surface area contributed by atoms with E-state index in [4.69, 9.17) is 0 Å². The Labute approximate surface area is 277 Å². The molecule has 4 nitrogen and oxygen atoms in total. The summed E-state index contributed by atoms with van der Waals surface area (Å²) >= 11 is 0. The summed E-state index contributed by atoms with van der Waals surface area (Å²) in [6.45, 7) is 4.09. The molecule has 16 heavy (non-hydrogen) atoms. The zero-order valence-corrected chi connectivity index (χ0v) is 31.1. The van der Waals surface area contributed by atoms with Gasteiger partial charge in [0.2, 0.25) is 0 Å². The molecule has 0 aliphatic heterocycles. The fourth-order valence-electron chi connectivity index (χ4n) is 1.12. The van der Waals surface area contributed by atoms with Gasteiger partial charge in [0.1, 0.15) is 0 Å². The van der Waals surface area contributed by atoms with Crippen LogP contribution in [0.15, 0.2) is 0 Å². The maximum absolute atomic E-state index is 10.2. The molecule has 0 aromatic carbocycles. The van der Waals surface area contributed by atoms with Gasteiger partial charge in [-0.15, -0.1) is 9.05 Å². The van der Waals surface area contributed by atoms with Crippen LogP contribution in [0.3, 0.4) is 0 Å². The van der Waals surface area contributed by atoms with Crippen LogP contribution in [0, 0.1) is 5.92 Å². The van der Waals surface area contributed by atoms with Gasteiger partial charge in [-0.2, -0.15) is 0 Å². The summed E-state index contributed by atoms with van der Waals surface area (Å²) in [6, 6.07) is 0. The summed E-state index contributed by atoms with van der Waals surface area (Å²) in [5, 5.41) is 0. The molecule has 0 aromatic rings. The Bertz CT molecular complexity index is 135. The Hall–Kier alpha value is 6.21. The summed E-state index contributed by atoms with van der Waals surface area (Å²) < 4.78 is 4.25. The van der Waals surface area contributed by atoms with Crippen LogP contribution >= 0.6 is 0 Å². The van der Waals surface area contributed by atoms with Gasteiger partial charge in [-0.25, -0.2) is 0 Å². The third-order valence-corrected chi connectivity index (χ3v) is 2.56. The van der Waals surface area contributed by atoms with Crippen molar-refractivity contribution in [2.45, 2.75) is 39.5 Å². The molecule has 0 saturated carbocycles. The zero-order chi connectivity index (χ0) is 10.3.